The Morgan fingerprint density at radius 2 is 1.72 bits per heavy atom. The van der Waals surface area contributed by atoms with Gasteiger partial charge in [0.1, 0.15) is 11.9 Å². The van der Waals surface area contributed by atoms with Gasteiger partial charge in [0.05, 0.1) is 6.04 Å². The van der Waals surface area contributed by atoms with Gasteiger partial charge in [-0.05, 0) is 64.2 Å². The molecule has 1 atom stereocenters. The lowest BCUT2D eigenvalue weighted by Crippen LogP contribution is -2.45. The van der Waals surface area contributed by atoms with Gasteiger partial charge < -0.3 is 14.8 Å². The lowest BCUT2D eigenvalue weighted by Gasteiger charge is -2.26. The molecule has 102 valence electrons. The Hall–Kier alpha value is -1.06. The Kier molecular flexibility index (Phi) is 3.64. The third kappa shape index (κ3) is 3.72. The molecule has 2 rings (SSSR count). The minimum absolute atomic E-state index is 0.329. The molecule has 4 heteroatoms. The van der Waals surface area contributed by atoms with Crippen LogP contribution < -0.4 is 5.32 Å². The number of hydrogen-bond acceptors (Lipinski definition) is 3. The van der Waals surface area contributed by atoms with Crippen molar-refractivity contribution in [1.82, 2.24) is 5.32 Å². The molecule has 2 aliphatic rings. The quantitative estimate of drug-likeness (QED) is 0.766. The average molecular weight is 253 g/mol. The monoisotopic (exact) mass is 253 g/mol. The summed E-state index contributed by atoms with van der Waals surface area (Å²) in [5.74, 6) is 1.58. The third-order valence-electron chi connectivity index (χ3n) is 3.58. The summed E-state index contributed by atoms with van der Waals surface area (Å²) in [4.78, 5) is 23.0. The molecule has 0 aliphatic heterocycles. The van der Waals surface area contributed by atoms with Crippen LogP contribution in [-0.4, -0.2) is 24.0 Å². The van der Waals surface area contributed by atoms with E-state index < -0.39 is 11.7 Å². The molecular formula is C14H23NO3. The zero-order valence-electron chi connectivity index (χ0n) is 11.4. The van der Waals surface area contributed by atoms with Crippen LogP contribution in [0.2, 0.25) is 0 Å². The first-order chi connectivity index (χ1) is 8.40. The maximum absolute atomic E-state index is 11.7. The fraction of sp³-hybridized carbons (Fsp3) is 0.857. The molecule has 0 bridgehead atoms. The van der Waals surface area contributed by atoms with E-state index in [4.69, 9.17) is 4.74 Å². The molecule has 0 radical (unpaired) electrons. The summed E-state index contributed by atoms with van der Waals surface area (Å²) in [6.07, 6.45) is 5.18. The first-order valence-corrected chi connectivity index (χ1v) is 6.85. The Labute approximate surface area is 108 Å². The largest absolute Gasteiger partial charge is 0.444 e. The number of carbonyl (C=O) groups is 2. The predicted octanol–water partition coefficient (Wildman–Crippen LogP) is 2.51. The predicted molar refractivity (Wildman–Crippen MR) is 68.2 cm³/mol. The molecule has 1 unspecified atom stereocenters. The van der Waals surface area contributed by atoms with E-state index in [1.807, 2.05) is 20.8 Å². The van der Waals surface area contributed by atoms with Crippen molar-refractivity contribution in [3.05, 3.63) is 0 Å². The van der Waals surface area contributed by atoms with Gasteiger partial charge >= 0.3 is 6.09 Å². The van der Waals surface area contributed by atoms with E-state index in [0.717, 1.165) is 6.29 Å². The second kappa shape index (κ2) is 4.90. The lowest BCUT2D eigenvalue weighted by atomic mass is 9.90. The summed E-state index contributed by atoms with van der Waals surface area (Å²) in [6, 6.07) is -0.375. The van der Waals surface area contributed by atoms with Gasteiger partial charge in [-0.3, -0.25) is 0 Å². The normalized spacial score (nSPS) is 21.6. The minimum atomic E-state index is -0.522. The highest BCUT2D eigenvalue weighted by Gasteiger charge is 2.46. The zero-order valence-corrected chi connectivity index (χ0v) is 11.4. The molecular weight excluding hydrogens is 230 g/mol. The van der Waals surface area contributed by atoms with Gasteiger partial charge in [-0.15, -0.1) is 0 Å². The Bertz CT molecular complexity index is 314. The van der Waals surface area contributed by atoms with Crippen molar-refractivity contribution >= 4 is 12.4 Å². The highest BCUT2D eigenvalue weighted by atomic mass is 16.6. The lowest BCUT2D eigenvalue weighted by molar-refractivity contribution is -0.111. The highest BCUT2D eigenvalue weighted by molar-refractivity contribution is 5.73. The van der Waals surface area contributed by atoms with Gasteiger partial charge in [-0.25, -0.2) is 4.79 Å². The molecule has 0 heterocycles. The number of ether oxygens (including phenoxy) is 1. The van der Waals surface area contributed by atoms with E-state index in [9.17, 15) is 9.59 Å². The second-order valence-corrected chi connectivity index (χ2v) is 6.56. The van der Waals surface area contributed by atoms with Gasteiger partial charge in [0, 0.05) is 0 Å². The molecule has 4 nitrogen and oxygen atoms in total. The van der Waals surface area contributed by atoms with Gasteiger partial charge in [0.2, 0.25) is 0 Å². The Morgan fingerprint density at radius 1 is 1.22 bits per heavy atom. The van der Waals surface area contributed by atoms with Crippen molar-refractivity contribution in [3.8, 4) is 0 Å². The summed E-state index contributed by atoms with van der Waals surface area (Å²) in [5.41, 5.74) is -0.522. The minimum Gasteiger partial charge on any atom is -0.444 e. The average Bonchev–Trinajstić information content (AvgIpc) is 3.08. The van der Waals surface area contributed by atoms with Gasteiger partial charge in [-0.2, -0.15) is 0 Å². The van der Waals surface area contributed by atoms with Crippen molar-refractivity contribution in [1.29, 1.82) is 0 Å². The van der Waals surface area contributed by atoms with Crippen molar-refractivity contribution in [2.75, 3.05) is 0 Å². The molecule has 18 heavy (non-hydrogen) atoms. The molecule has 1 amide bonds. The molecule has 0 aromatic carbocycles. The van der Waals surface area contributed by atoms with Gasteiger partial charge in [0.15, 0.2) is 0 Å². The van der Waals surface area contributed by atoms with Crippen LogP contribution in [0.5, 0.6) is 0 Å². The van der Waals surface area contributed by atoms with E-state index in [1.54, 1.807) is 0 Å². The number of alkyl carbamates (subject to hydrolysis) is 1. The number of carbonyl (C=O) groups excluding carboxylic acids is 2. The molecule has 1 N–H and O–H groups in total. The molecule has 2 saturated carbocycles. The van der Waals surface area contributed by atoms with Crippen LogP contribution >= 0.6 is 0 Å². The molecule has 2 aliphatic carbocycles. The Balaban J connectivity index is 1.91. The molecule has 0 spiro atoms. The second-order valence-electron chi connectivity index (χ2n) is 6.56. The van der Waals surface area contributed by atoms with Crippen molar-refractivity contribution in [2.24, 2.45) is 17.8 Å². The van der Waals surface area contributed by atoms with Crippen LogP contribution in [-0.2, 0) is 9.53 Å². The van der Waals surface area contributed by atoms with Crippen LogP contribution in [0, 0.1) is 17.8 Å². The van der Waals surface area contributed by atoms with Crippen LogP contribution in [0.25, 0.3) is 0 Å². The number of aldehydes is 1. The van der Waals surface area contributed by atoms with Crippen molar-refractivity contribution < 1.29 is 14.3 Å². The number of amides is 1. The van der Waals surface area contributed by atoms with Crippen molar-refractivity contribution in [2.45, 2.75) is 58.1 Å². The first kappa shape index (κ1) is 13.4. The summed E-state index contributed by atoms with van der Waals surface area (Å²) >= 11 is 0. The number of hydrogen-bond donors (Lipinski definition) is 1. The molecule has 2 fully saturated rings. The highest BCUT2D eigenvalue weighted by Crippen LogP contribution is 2.50. The maximum atomic E-state index is 11.7. The van der Waals surface area contributed by atoms with E-state index >= 15 is 0 Å². The van der Waals surface area contributed by atoms with E-state index in [2.05, 4.69) is 5.32 Å². The van der Waals surface area contributed by atoms with Gasteiger partial charge in [-0.1, -0.05) is 0 Å². The number of rotatable bonds is 5. The van der Waals surface area contributed by atoms with Gasteiger partial charge in [0.25, 0.3) is 0 Å². The van der Waals surface area contributed by atoms with Crippen LogP contribution in [0.15, 0.2) is 0 Å². The van der Waals surface area contributed by atoms with E-state index in [0.29, 0.717) is 17.8 Å². The van der Waals surface area contributed by atoms with Crippen LogP contribution in [0.4, 0.5) is 4.79 Å². The molecule has 0 saturated heterocycles. The first-order valence-electron chi connectivity index (χ1n) is 6.85. The summed E-state index contributed by atoms with van der Waals surface area (Å²) in [6.45, 7) is 5.46. The standard InChI is InChI=1S/C14H23NO3/c1-14(2,3)18-13(17)15-11(8-16)12(9-4-5-9)10-6-7-10/h8-12H,4-7H2,1-3H3,(H,15,17). The maximum Gasteiger partial charge on any atom is 0.408 e. The fourth-order valence-corrected chi connectivity index (χ4v) is 2.60. The summed E-state index contributed by atoms with van der Waals surface area (Å²) < 4.78 is 5.21. The molecule has 0 aromatic heterocycles. The van der Waals surface area contributed by atoms with Crippen molar-refractivity contribution in [3.63, 3.8) is 0 Å². The fourth-order valence-electron chi connectivity index (χ4n) is 2.60. The Morgan fingerprint density at radius 3 is 2.06 bits per heavy atom. The third-order valence-corrected chi connectivity index (χ3v) is 3.58. The zero-order chi connectivity index (χ0) is 13.3. The smallest absolute Gasteiger partial charge is 0.408 e. The van der Waals surface area contributed by atoms with Crippen LogP contribution in [0.3, 0.4) is 0 Å². The topological polar surface area (TPSA) is 55.4 Å². The number of nitrogens with one attached hydrogen (secondary N) is 1. The van der Waals surface area contributed by atoms with E-state index in [-0.39, 0.29) is 6.04 Å². The summed E-state index contributed by atoms with van der Waals surface area (Å²) in [5, 5.41) is 2.74. The van der Waals surface area contributed by atoms with Crippen LogP contribution in [0.1, 0.15) is 46.5 Å². The summed E-state index contributed by atoms with van der Waals surface area (Å²) in [7, 11) is 0. The van der Waals surface area contributed by atoms with E-state index in [1.165, 1.54) is 25.7 Å². The molecule has 0 aromatic rings. The SMILES string of the molecule is CC(C)(C)OC(=O)NC(C=O)C(C1CC1)C1CC1.